The molecule has 0 saturated carbocycles. The van der Waals surface area contributed by atoms with Crippen LogP contribution < -0.4 is 0 Å². The van der Waals surface area contributed by atoms with E-state index < -0.39 is 8.32 Å². The second-order valence-corrected chi connectivity index (χ2v) is 7.85. The molecule has 0 aliphatic rings. The summed E-state index contributed by atoms with van der Waals surface area (Å²) in [6.45, 7) is 10.9. The summed E-state index contributed by atoms with van der Waals surface area (Å²) < 4.78 is 5.32. The van der Waals surface area contributed by atoms with Gasteiger partial charge in [0.1, 0.15) is 0 Å². The van der Waals surface area contributed by atoms with Crippen molar-refractivity contribution in [2.24, 2.45) is 0 Å². The van der Waals surface area contributed by atoms with Gasteiger partial charge in [-0.2, -0.15) is 0 Å². The molecule has 0 saturated heterocycles. The first-order chi connectivity index (χ1) is 5.04. The van der Waals surface area contributed by atoms with E-state index in [4.69, 9.17) is 4.43 Å². The average molecular weight is 192 g/mol. The summed E-state index contributed by atoms with van der Waals surface area (Å²) in [5.41, 5.74) is 0. The van der Waals surface area contributed by atoms with E-state index in [1.54, 1.807) is 0 Å². The van der Waals surface area contributed by atoms with Gasteiger partial charge in [-0.1, -0.05) is 41.0 Å². The Kier molecular flexibility index (Phi) is 16.8. The van der Waals surface area contributed by atoms with Gasteiger partial charge in [0.2, 0.25) is 0 Å². The summed E-state index contributed by atoms with van der Waals surface area (Å²) in [5.74, 6) is 0. The molecule has 0 aliphatic carbocycles. The third-order valence-electron chi connectivity index (χ3n) is 1.40. The van der Waals surface area contributed by atoms with E-state index in [1.165, 1.54) is 18.9 Å². The van der Waals surface area contributed by atoms with Crippen LogP contribution >= 0.6 is 0 Å². The summed E-state index contributed by atoms with van der Waals surface area (Å²) in [6, 6.07) is 1.28. The zero-order chi connectivity index (χ0) is 9.33. The highest BCUT2D eigenvalue weighted by molar-refractivity contribution is 6.71. The number of hydrogen-bond acceptors (Lipinski definition) is 1. The van der Waals surface area contributed by atoms with E-state index in [0.29, 0.717) is 0 Å². The fraction of sp³-hybridized carbons (Fsp3) is 1.00. The Hall–Kier alpha value is 0.177. The molecule has 1 nitrogen and oxygen atoms in total. The van der Waals surface area contributed by atoms with Gasteiger partial charge in [0, 0.05) is 7.11 Å². The molecule has 0 heterocycles. The first-order valence-corrected chi connectivity index (χ1v) is 7.70. The van der Waals surface area contributed by atoms with Crippen LogP contribution in [0.25, 0.3) is 0 Å². The number of hydrogen-bond donors (Lipinski definition) is 0. The fourth-order valence-corrected chi connectivity index (χ4v) is 2.11. The standard InChI is InChI=1S/C6H16OSi.C3H8.CH4/c1-5-6-8(3,4)7-2;1-3-2;/h5-6H2,1-4H3;3H2,1-2H3;1H4. The summed E-state index contributed by atoms with van der Waals surface area (Å²) in [6.07, 6.45) is 2.51. The van der Waals surface area contributed by atoms with Crippen LogP contribution in [0.15, 0.2) is 0 Å². The smallest absolute Gasteiger partial charge is 0.186 e. The second kappa shape index (κ2) is 11.2. The lowest BCUT2D eigenvalue weighted by atomic mass is 10.6. The minimum absolute atomic E-state index is 0. The largest absolute Gasteiger partial charge is 0.420 e. The van der Waals surface area contributed by atoms with Crippen LogP contribution in [0.4, 0.5) is 0 Å². The monoisotopic (exact) mass is 192 g/mol. The molecule has 0 radical (unpaired) electrons. The third kappa shape index (κ3) is 16.6. The van der Waals surface area contributed by atoms with E-state index in [1.807, 2.05) is 7.11 Å². The summed E-state index contributed by atoms with van der Waals surface area (Å²) >= 11 is 0. The molecule has 2 heteroatoms. The summed E-state index contributed by atoms with van der Waals surface area (Å²) in [4.78, 5) is 0. The van der Waals surface area contributed by atoms with Crippen molar-refractivity contribution in [1.29, 1.82) is 0 Å². The molecule has 12 heavy (non-hydrogen) atoms. The van der Waals surface area contributed by atoms with Crippen LogP contribution in [-0.4, -0.2) is 15.4 Å². The molecular formula is C10H28OSi. The molecule has 0 rings (SSSR count). The van der Waals surface area contributed by atoms with Crippen LogP contribution in [-0.2, 0) is 4.43 Å². The lowest BCUT2D eigenvalue weighted by molar-refractivity contribution is 0.403. The molecule has 0 aromatic heterocycles. The van der Waals surface area contributed by atoms with Crippen molar-refractivity contribution in [2.75, 3.05) is 7.11 Å². The number of rotatable bonds is 3. The normalized spacial score (nSPS) is 9.50. The SMILES string of the molecule is C.CCC.CCC[Si](C)(C)OC. The third-order valence-corrected chi connectivity index (χ3v) is 4.21. The maximum Gasteiger partial charge on any atom is 0.186 e. The highest BCUT2D eigenvalue weighted by Gasteiger charge is 2.17. The van der Waals surface area contributed by atoms with Gasteiger partial charge in [0.15, 0.2) is 8.32 Å². The predicted octanol–water partition coefficient (Wildman–Crippen LogP) is 4.30. The van der Waals surface area contributed by atoms with E-state index in [9.17, 15) is 0 Å². The molecule has 0 aromatic carbocycles. The zero-order valence-corrected chi connectivity index (χ0v) is 10.0. The zero-order valence-electron chi connectivity index (χ0n) is 9.03. The molecule has 0 amide bonds. The summed E-state index contributed by atoms with van der Waals surface area (Å²) in [7, 11) is 0.644. The van der Waals surface area contributed by atoms with Crippen LogP contribution in [0.2, 0.25) is 19.1 Å². The Bertz CT molecular complexity index is 72.2. The fourth-order valence-electron chi connectivity index (χ4n) is 0.704. The van der Waals surface area contributed by atoms with Gasteiger partial charge in [-0.3, -0.25) is 0 Å². The average Bonchev–Trinajstić information content (AvgIpc) is 1.90. The topological polar surface area (TPSA) is 9.23 Å². The van der Waals surface area contributed by atoms with Gasteiger partial charge in [-0.15, -0.1) is 0 Å². The van der Waals surface area contributed by atoms with E-state index in [2.05, 4.69) is 33.9 Å². The van der Waals surface area contributed by atoms with Crippen molar-refractivity contribution < 1.29 is 4.43 Å². The van der Waals surface area contributed by atoms with Crippen LogP contribution in [0, 0.1) is 0 Å². The van der Waals surface area contributed by atoms with Gasteiger partial charge < -0.3 is 4.43 Å². The molecule has 0 unspecified atom stereocenters. The van der Waals surface area contributed by atoms with Crippen molar-refractivity contribution in [3.63, 3.8) is 0 Å². The Morgan fingerprint density at radius 1 is 1.08 bits per heavy atom. The second-order valence-electron chi connectivity index (χ2n) is 3.42. The summed E-state index contributed by atoms with van der Waals surface area (Å²) in [5, 5.41) is 0. The highest BCUT2D eigenvalue weighted by Crippen LogP contribution is 2.10. The minimum atomic E-state index is -1.18. The van der Waals surface area contributed by atoms with Crippen LogP contribution in [0.5, 0.6) is 0 Å². The van der Waals surface area contributed by atoms with Gasteiger partial charge in [0.25, 0.3) is 0 Å². The minimum Gasteiger partial charge on any atom is -0.420 e. The Labute approximate surface area is 80.7 Å². The van der Waals surface area contributed by atoms with Crippen molar-refractivity contribution in [1.82, 2.24) is 0 Å². The Morgan fingerprint density at radius 2 is 1.42 bits per heavy atom. The molecule has 0 atom stereocenters. The lowest BCUT2D eigenvalue weighted by Gasteiger charge is -2.17. The van der Waals surface area contributed by atoms with Gasteiger partial charge in [0.05, 0.1) is 0 Å². The molecule has 78 valence electrons. The molecule has 0 aromatic rings. The highest BCUT2D eigenvalue weighted by atomic mass is 28.4. The predicted molar refractivity (Wildman–Crippen MR) is 62.3 cm³/mol. The first kappa shape index (κ1) is 18.1. The molecule has 0 N–H and O–H groups in total. The van der Waals surface area contributed by atoms with E-state index in [-0.39, 0.29) is 7.43 Å². The molecular weight excluding hydrogens is 164 g/mol. The Morgan fingerprint density at radius 3 is 1.50 bits per heavy atom. The van der Waals surface area contributed by atoms with Crippen LogP contribution in [0.1, 0.15) is 41.0 Å². The van der Waals surface area contributed by atoms with Crippen molar-refractivity contribution in [2.45, 2.75) is 60.2 Å². The van der Waals surface area contributed by atoms with Crippen molar-refractivity contribution in [3.8, 4) is 0 Å². The molecule has 0 aliphatic heterocycles. The molecule has 0 bridgehead atoms. The maximum absolute atomic E-state index is 5.32. The molecule has 0 spiro atoms. The van der Waals surface area contributed by atoms with Gasteiger partial charge >= 0.3 is 0 Å². The maximum atomic E-state index is 5.32. The van der Waals surface area contributed by atoms with Crippen molar-refractivity contribution >= 4 is 8.32 Å². The van der Waals surface area contributed by atoms with Crippen molar-refractivity contribution in [3.05, 3.63) is 0 Å². The Balaban J connectivity index is -0.000000177. The van der Waals surface area contributed by atoms with E-state index in [0.717, 1.165) is 0 Å². The van der Waals surface area contributed by atoms with Crippen LogP contribution in [0.3, 0.4) is 0 Å². The van der Waals surface area contributed by atoms with Gasteiger partial charge in [-0.25, -0.2) is 0 Å². The lowest BCUT2D eigenvalue weighted by Crippen LogP contribution is -2.27. The first-order valence-electron chi connectivity index (χ1n) is 4.59. The molecule has 0 fully saturated rings. The van der Waals surface area contributed by atoms with E-state index >= 15 is 0 Å². The quantitative estimate of drug-likeness (QED) is 0.606. The van der Waals surface area contributed by atoms with Gasteiger partial charge in [-0.05, 0) is 19.1 Å².